The quantitative estimate of drug-likeness (QED) is 0.680. The van der Waals surface area contributed by atoms with E-state index in [2.05, 4.69) is 16.0 Å². The summed E-state index contributed by atoms with van der Waals surface area (Å²) in [4.78, 5) is 23.7. The summed E-state index contributed by atoms with van der Waals surface area (Å²) in [5.74, 6) is 0.692. The molecule has 27 heavy (non-hydrogen) atoms. The van der Waals surface area contributed by atoms with Gasteiger partial charge in [-0.25, -0.2) is 9.97 Å². The summed E-state index contributed by atoms with van der Waals surface area (Å²) in [5.41, 5.74) is 2.70. The molecule has 4 rings (SSSR count). The van der Waals surface area contributed by atoms with Crippen molar-refractivity contribution in [2.24, 2.45) is 13.0 Å². The molecular formula is C20H18ClN5O. The molecule has 1 aliphatic heterocycles. The SMILES string of the molecule is Cn1c(-c2ccccc2Cl)nc2cc(C(=O)N3CCC(C#N)CC3)cnc21. The minimum Gasteiger partial charge on any atom is -0.339 e. The Balaban J connectivity index is 1.66. The van der Waals surface area contributed by atoms with Gasteiger partial charge in [-0.15, -0.1) is 0 Å². The van der Waals surface area contributed by atoms with Crippen molar-refractivity contribution >= 4 is 28.7 Å². The molecule has 0 atom stereocenters. The van der Waals surface area contributed by atoms with Crippen LogP contribution in [-0.2, 0) is 7.05 Å². The van der Waals surface area contributed by atoms with Crippen molar-refractivity contribution in [1.29, 1.82) is 5.26 Å². The van der Waals surface area contributed by atoms with E-state index in [1.54, 1.807) is 17.2 Å². The van der Waals surface area contributed by atoms with Crippen LogP contribution in [0, 0.1) is 17.2 Å². The fourth-order valence-electron chi connectivity index (χ4n) is 3.47. The van der Waals surface area contributed by atoms with Crippen LogP contribution in [-0.4, -0.2) is 38.4 Å². The molecular weight excluding hydrogens is 362 g/mol. The Morgan fingerprint density at radius 2 is 2.04 bits per heavy atom. The highest BCUT2D eigenvalue weighted by Crippen LogP contribution is 2.29. The number of aromatic nitrogens is 3. The number of benzene rings is 1. The summed E-state index contributed by atoms with van der Waals surface area (Å²) >= 11 is 6.31. The normalized spacial score (nSPS) is 15.1. The van der Waals surface area contributed by atoms with E-state index in [9.17, 15) is 4.79 Å². The standard InChI is InChI=1S/C20H18ClN5O/c1-25-18(15-4-2-3-5-16(15)21)24-17-10-14(12-23-19(17)25)20(27)26-8-6-13(11-22)7-9-26/h2-5,10,12-13H,6-9H2,1H3. The fraction of sp³-hybridized carbons (Fsp3) is 0.300. The van der Waals surface area contributed by atoms with E-state index in [1.165, 1.54) is 0 Å². The van der Waals surface area contributed by atoms with Crippen molar-refractivity contribution < 1.29 is 4.79 Å². The van der Waals surface area contributed by atoms with E-state index in [1.807, 2.05) is 35.9 Å². The smallest absolute Gasteiger partial charge is 0.255 e. The van der Waals surface area contributed by atoms with Gasteiger partial charge in [-0.2, -0.15) is 5.26 Å². The molecule has 0 aliphatic carbocycles. The predicted octanol–water partition coefficient (Wildman–Crippen LogP) is 3.66. The van der Waals surface area contributed by atoms with Crippen LogP contribution in [0.2, 0.25) is 5.02 Å². The average molecular weight is 380 g/mol. The Morgan fingerprint density at radius 3 is 2.74 bits per heavy atom. The number of carbonyl (C=O) groups is 1. The number of amides is 1. The molecule has 0 spiro atoms. The van der Waals surface area contributed by atoms with Crippen molar-refractivity contribution in [3.63, 3.8) is 0 Å². The highest BCUT2D eigenvalue weighted by molar-refractivity contribution is 6.33. The number of halogens is 1. The summed E-state index contributed by atoms with van der Waals surface area (Å²) in [6, 6.07) is 11.6. The molecule has 1 fully saturated rings. The molecule has 1 amide bonds. The van der Waals surface area contributed by atoms with E-state index in [0.29, 0.717) is 40.7 Å². The molecule has 6 nitrogen and oxygen atoms in total. The second-order valence-electron chi connectivity index (χ2n) is 6.74. The lowest BCUT2D eigenvalue weighted by Gasteiger charge is -2.29. The molecule has 1 aromatic carbocycles. The maximum atomic E-state index is 12.8. The zero-order valence-corrected chi connectivity index (χ0v) is 15.6. The summed E-state index contributed by atoms with van der Waals surface area (Å²) in [6.45, 7) is 1.20. The average Bonchev–Trinajstić information content (AvgIpc) is 3.03. The van der Waals surface area contributed by atoms with Crippen molar-refractivity contribution in [2.45, 2.75) is 12.8 Å². The third-order valence-electron chi connectivity index (χ3n) is 5.04. The summed E-state index contributed by atoms with van der Waals surface area (Å²) in [6.07, 6.45) is 3.04. The number of piperidine rings is 1. The van der Waals surface area contributed by atoms with E-state index in [4.69, 9.17) is 16.9 Å². The molecule has 1 saturated heterocycles. The number of nitriles is 1. The molecule has 0 radical (unpaired) electrons. The minimum absolute atomic E-state index is 0.0450. The Kier molecular flexibility index (Phi) is 4.54. The van der Waals surface area contributed by atoms with Crippen LogP contribution in [0.4, 0.5) is 0 Å². The lowest BCUT2D eigenvalue weighted by molar-refractivity contribution is 0.0707. The molecule has 0 unspecified atom stereocenters. The first-order valence-electron chi connectivity index (χ1n) is 8.84. The molecule has 2 aromatic heterocycles. The Bertz CT molecular complexity index is 1060. The molecule has 1 aliphatic rings. The number of aryl methyl sites for hydroxylation is 1. The number of nitrogens with zero attached hydrogens (tertiary/aromatic N) is 5. The molecule has 0 N–H and O–H groups in total. The van der Waals surface area contributed by atoms with Crippen LogP contribution in [0.3, 0.4) is 0 Å². The van der Waals surface area contributed by atoms with E-state index >= 15 is 0 Å². The number of pyridine rings is 1. The predicted molar refractivity (Wildman–Crippen MR) is 103 cm³/mol. The molecule has 0 saturated carbocycles. The van der Waals surface area contributed by atoms with E-state index < -0.39 is 0 Å². The second kappa shape index (κ2) is 7.01. The summed E-state index contributed by atoms with van der Waals surface area (Å²) in [5, 5.41) is 9.63. The fourth-order valence-corrected chi connectivity index (χ4v) is 3.69. The number of imidazole rings is 1. The molecule has 7 heteroatoms. The first-order chi connectivity index (χ1) is 13.1. The molecule has 136 valence electrons. The van der Waals surface area contributed by atoms with E-state index in [0.717, 1.165) is 18.4 Å². The number of rotatable bonds is 2. The molecule has 3 heterocycles. The zero-order valence-electron chi connectivity index (χ0n) is 14.9. The van der Waals surface area contributed by atoms with Gasteiger partial charge < -0.3 is 9.47 Å². The van der Waals surface area contributed by atoms with Gasteiger partial charge in [-0.05, 0) is 31.0 Å². The van der Waals surface area contributed by atoms with Gasteiger partial charge in [-0.1, -0.05) is 23.7 Å². The van der Waals surface area contributed by atoms with Gasteiger partial charge in [-0.3, -0.25) is 4.79 Å². The third-order valence-corrected chi connectivity index (χ3v) is 5.37. The van der Waals surface area contributed by atoms with Crippen LogP contribution < -0.4 is 0 Å². The Hall–Kier alpha value is -2.91. The maximum absolute atomic E-state index is 12.8. The highest BCUT2D eigenvalue weighted by Gasteiger charge is 2.24. The number of hydrogen-bond donors (Lipinski definition) is 0. The molecule has 3 aromatic rings. The third kappa shape index (κ3) is 3.15. The topological polar surface area (TPSA) is 74.8 Å². The Morgan fingerprint density at radius 1 is 1.30 bits per heavy atom. The van der Waals surface area contributed by atoms with Crippen molar-refractivity contribution in [2.75, 3.05) is 13.1 Å². The lowest BCUT2D eigenvalue weighted by Crippen LogP contribution is -2.38. The number of likely N-dealkylation sites (tertiary alicyclic amines) is 1. The number of fused-ring (bicyclic) bond motifs is 1. The van der Waals surface area contributed by atoms with Crippen molar-refractivity contribution in [3.8, 4) is 17.5 Å². The highest BCUT2D eigenvalue weighted by atomic mass is 35.5. The number of hydrogen-bond acceptors (Lipinski definition) is 4. The number of carbonyl (C=O) groups excluding carboxylic acids is 1. The van der Waals surface area contributed by atoms with Gasteiger partial charge in [0.15, 0.2) is 5.65 Å². The van der Waals surface area contributed by atoms with Gasteiger partial charge in [0, 0.05) is 37.8 Å². The van der Waals surface area contributed by atoms with Crippen LogP contribution in [0.15, 0.2) is 36.5 Å². The first-order valence-corrected chi connectivity index (χ1v) is 9.22. The minimum atomic E-state index is -0.0641. The second-order valence-corrected chi connectivity index (χ2v) is 7.14. The monoisotopic (exact) mass is 379 g/mol. The van der Waals surface area contributed by atoms with Gasteiger partial charge in [0.2, 0.25) is 0 Å². The van der Waals surface area contributed by atoms with E-state index in [-0.39, 0.29) is 11.8 Å². The van der Waals surface area contributed by atoms with Gasteiger partial charge >= 0.3 is 0 Å². The van der Waals surface area contributed by atoms with Crippen LogP contribution >= 0.6 is 11.6 Å². The maximum Gasteiger partial charge on any atom is 0.255 e. The van der Waals surface area contributed by atoms with Crippen LogP contribution in [0.25, 0.3) is 22.6 Å². The van der Waals surface area contributed by atoms with Gasteiger partial charge in [0.1, 0.15) is 11.3 Å². The first kappa shape index (κ1) is 17.5. The Labute approximate surface area is 162 Å². The summed E-state index contributed by atoms with van der Waals surface area (Å²) in [7, 11) is 1.88. The summed E-state index contributed by atoms with van der Waals surface area (Å²) < 4.78 is 1.88. The van der Waals surface area contributed by atoms with Crippen molar-refractivity contribution in [1.82, 2.24) is 19.4 Å². The van der Waals surface area contributed by atoms with Gasteiger partial charge in [0.25, 0.3) is 5.91 Å². The molecule has 0 bridgehead atoms. The largest absolute Gasteiger partial charge is 0.339 e. The van der Waals surface area contributed by atoms with Gasteiger partial charge in [0.05, 0.1) is 16.7 Å². The lowest BCUT2D eigenvalue weighted by atomic mass is 9.98. The zero-order chi connectivity index (χ0) is 19.0. The van der Waals surface area contributed by atoms with Crippen LogP contribution in [0.1, 0.15) is 23.2 Å². The van der Waals surface area contributed by atoms with Crippen molar-refractivity contribution in [3.05, 3.63) is 47.1 Å². The van der Waals surface area contributed by atoms with Crippen LogP contribution in [0.5, 0.6) is 0 Å².